The highest BCUT2D eigenvalue weighted by atomic mass is 79.9. The van der Waals surface area contributed by atoms with Gasteiger partial charge in [0.05, 0.1) is 3.79 Å². The van der Waals surface area contributed by atoms with Gasteiger partial charge in [0.15, 0.2) is 0 Å². The molecule has 0 unspecified atom stereocenters. The number of rotatable bonds is 3. The molecular formula is C10H12BrNS. The van der Waals surface area contributed by atoms with Crippen molar-refractivity contribution < 1.29 is 0 Å². The largest absolute Gasteiger partial charge is 0.309 e. The highest BCUT2D eigenvalue weighted by Crippen LogP contribution is 2.21. The fourth-order valence-electron chi connectivity index (χ4n) is 1.48. The molecule has 1 aromatic rings. The Morgan fingerprint density at radius 1 is 1.46 bits per heavy atom. The molecule has 0 bridgehead atoms. The summed E-state index contributed by atoms with van der Waals surface area (Å²) in [5.74, 6) is 0. The van der Waals surface area contributed by atoms with Gasteiger partial charge >= 0.3 is 0 Å². The van der Waals surface area contributed by atoms with Crippen LogP contribution in [0.25, 0.3) is 0 Å². The average molecular weight is 258 g/mol. The summed E-state index contributed by atoms with van der Waals surface area (Å²) in [6, 6.07) is 2.85. The number of thiophene rings is 1. The maximum Gasteiger partial charge on any atom is 0.0701 e. The Balaban J connectivity index is 1.79. The maximum atomic E-state index is 3.53. The molecule has 3 heteroatoms. The van der Waals surface area contributed by atoms with Gasteiger partial charge in [0.2, 0.25) is 0 Å². The summed E-state index contributed by atoms with van der Waals surface area (Å²) in [6.07, 6.45) is 6.87. The van der Waals surface area contributed by atoms with Gasteiger partial charge < -0.3 is 5.32 Å². The highest BCUT2D eigenvalue weighted by Gasteiger charge is 2.08. The second-order valence-corrected chi connectivity index (χ2v) is 5.57. The molecule has 0 saturated carbocycles. The summed E-state index contributed by atoms with van der Waals surface area (Å²) >= 11 is 5.21. The predicted molar refractivity (Wildman–Crippen MR) is 61.0 cm³/mol. The maximum absolute atomic E-state index is 3.53. The molecule has 1 heterocycles. The summed E-state index contributed by atoms with van der Waals surface area (Å²) < 4.78 is 1.22. The van der Waals surface area contributed by atoms with E-state index in [0.29, 0.717) is 6.04 Å². The van der Waals surface area contributed by atoms with Crippen LogP contribution in [0.1, 0.15) is 18.4 Å². The second-order valence-electron chi connectivity index (χ2n) is 3.28. The van der Waals surface area contributed by atoms with Gasteiger partial charge in [-0.3, -0.25) is 0 Å². The van der Waals surface area contributed by atoms with Crippen molar-refractivity contribution in [2.75, 3.05) is 0 Å². The number of hydrogen-bond donors (Lipinski definition) is 1. The van der Waals surface area contributed by atoms with E-state index in [9.17, 15) is 0 Å². The van der Waals surface area contributed by atoms with Crippen LogP contribution in [0.3, 0.4) is 0 Å². The van der Waals surface area contributed by atoms with E-state index in [2.05, 4.69) is 44.8 Å². The van der Waals surface area contributed by atoms with Crippen molar-refractivity contribution in [3.8, 4) is 0 Å². The van der Waals surface area contributed by atoms with Crippen LogP contribution in [0.5, 0.6) is 0 Å². The first-order chi connectivity index (χ1) is 6.34. The summed E-state index contributed by atoms with van der Waals surface area (Å²) in [6.45, 7) is 0.994. The highest BCUT2D eigenvalue weighted by molar-refractivity contribution is 9.11. The van der Waals surface area contributed by atoms with Gasteiger partial charge in [-0.25, -0.2) is 0 Å². The van der Waals surface area contributed by atoms with E-state index in [0.717, 1.165) is 6.54 Å². The van der Waals surface area contributed by atoms with Gasteiger partial charge in [0.25, 0.3) is 0 Å². The lowest BCUT2D eigenvalue weighted by Crippen LogP contribution is -2.25. The van der Waals surface area contributed by atoms with Crippen LogP contribution in [0.15, 0.2) is 27.4 Å². The molecule has 13 heavy (non-hydrogen) atoms. The lowest BCUT2D eigenvalue weighted by atomic mass is 10.2. The van der Waals surface area contributed by atoms with Crippen LogP contribution in [-0.2, 0) is 6.54 Å². The van der Waals surface area contributed by atoms with E-state index in [1.54, 1.807) is 11.3 Å². The van der Waals surface area contributed by atoms with Crippen molar-refractivity contribution in [3.63, 3.8) is 0 Å². The van der Waals surface area contributed by atoms with Gasteiger partial charge in [0.1, 0.15) is 0 Å². The zero-order valence-electron chi connectivity index (χ0n) is 7.29. The summed E-state index contributed by atoms with van der Waals surface area (Å²) in [5, 5.41) is 5.73. The monoisotopic (exact) mass is 257 g/mol. The van der Waals surface area contributed by atoms with Crippen LogP contribution in [-0.4, -0.2) is 6.04 Å². The van der Waals surface area contributed by atoms with E-state index in [-0.39, 0.29) is 0 Å². The van der Waals surface area contributed by atoms with E-state index in [4.69, 9.17) is 0 Å². The molecule has 0 fully saturated rings. The first-order valence-electron chi connectivity index (χ1n) is 4.46. The van der Waals surface area contributed by atoms with Crippen molar-refractivity contribution in [1.29, 1.82) is 0 Å². The normalized spacial score (nSPS) is 17.0. The van der Waals surface area contributed by atoms with E-state index < -0.39 is 0 Å². The lowest BCUT2D eigenvalue weighted by Gasteiger charge is -2.10. The van der Waals surface area contributed by atoms with E-state index in [1.807, 2.05) is 0 Å². The van der Waals surface area contributed by atoms with Crippen molar-refractivity contribution in [3.05, 3.63) is 32.9 Å². The summed E-state index contributed by atoms with van der Waals surface area (Å²) in [5.41, 5.74) is 1.38. The predicted octanol–water partition coefficient (Wildman–Crippen LogP) is 3.32. The minimum atomic E-state index is 0.665. The quantitative estimate of drug-likeness (QED) is 0.820. The van der Waals surface area contributed by atoms with Gasteiger partial charge in [-0.05, 0) is 45.8 Å². The topological polar surface area (TPSA) is 12.0 Å². The first kappa shape index (κ1) is 9.44. The van der Waals surface area contributed by atoms with Crippen molar-refractivity contribution in [2.45, 2.75) is 25.4 Å². The Morgan fingerprint density at radius 3 is 2.85 bits per heavy atom. The summed E-state index contributed by atoms with van der Waals surface area (Å²) in [7, 11) is 0. The van der Waals surface area contributed by atoms with Gasteiger partial charge in [-0.2, -0.15) is 0 Å². The molecule has 1 N–H and O–H groups in total. The van der Waals surface area contributed by atoms with E-state index in [1.165, 1.54) is 22.2 Å². The average Bonchev–Trinajstić information content (AvgIpc) is 2.71. The Kier molecular flexibility index (Phi) is 3.19. The van der Waals surface area contributed by atoms with Gasteiger partial charge in [-0.1, -0.05) is 12.2 Å². The van der Waals surface area contributed by atoms with Gasteiger partial charge in [0, 0.05) is 12.6 Å². The Morgan fingerprint density at radius 2 is 2.23 bits per heavy atom. The molecule has 1 aliphatic rings. The van der Waals surface area contributed by atoms with Crippen molar-refractivity contribution >= 4 is 27.3 Å². The molecule has 0 aromatic carbocycles. The molecule has 1 aromatic heterocycles. The second kappa shape index (κ2) is 4.40. The third-order valence-electron chi connectivity index (χ3n) is 2.22. The van der Waals surface area contributed by atoms with Crippen molar-refractivity contribution in [1.82, 2.24) is 5.32 Å². The van der Waals surface area contributed by atoms with E-state index >= 15 is 0 Å². The summed E-state index contributed by atoms with van der Waals surface area (Å²) in [4.78, 5) is 0. The molecule has 0 radical (unpaired) electrons. The minimum Gasteiger partial charge on any atom is -0.309 e. The van der Waals surface area contributed by atoms with Gasteiger partial charge in [-0.15, -0.1) is 11.3 Å². The van der Waals surface area contributed by atoms with Crippen molar-refractivity contribution in [2.24, 2.45) is 0 Å². The fraction of sp³-hybridized carbons (Fsp3) is 0.400. The zero-order valence-corrected chi connectivity index (χ0v) is 9.70. The number of halogens is 1. The minimum absolute atomic E-state index is 0.665. The van der Waals surface area contributed by atoms with Crippen LogP contribution < -0.4 is 5.32 Å². The molecule has 0 aliphatic heterocycles. The molecule has 1 nitrogen and oxygen atoms in total. The third-order valence-corrected chi connectivity index (χ3v) is 3.78. The van der Waals surface area contributed by atoms with Crippen LogP contribution in [0, 0.1) is 0 Å². The fourth-order valence-corrected chi connectivity index (χ4v) is 2.69. The number of hydrogen-bond acceptors (Lipinski definition) is 2. The smallest absolute Gasteiger partial charge is 0.0701 e. The lowest BCUT2D eigenvalue weighted by molar-refractivity contribution is 0.539. The molecule has 1 aliphatic carbocycles. The standard InChI is InChI=1S/C10H12BrNS/c11-10-5-8(7-13-10)6-12-9-3-1-2-4-9/h1-2,5,7,9,12H,3-4,6H2. The molecule has 0 saturated heterocycles. The molecular weight excluding hydrogens is 246 g/mol. The molecule has 70 valence electrons. The Hall–Kier alpha value is -0.120. The third kappa shape index (κ3) is 2.66. The first-order valence-corrected chi connectivity index (χ1v) is 6.13. The molecule has 0 atom stereocenters. The molecule has 0 spiro atoms. The van der Waals surface area contributed by atoms with Crippen LogP contribution >= 0.6 is 27.3 Å². The van der Waals surface area contributed by atoms with Crippen LogP contribution in [0.4, 0.5) is 0 Å². The molecule has 2 rings (SSSR count). The Labute approximate surface area is 91.0 Å². The molecule has 0 amide bonds. The zero-order chi connectivity index (χ0) is 9.10. The SMILES string of the molecule is Brc1cc(CNC2CC=CC2)cs1. The number of nitrogens with one attached hydrogen (secondary N) is 1. The Bertz CT molecular complexity index is 298. The van der Waals surface area contributed by atoms with Crippen LogP contribution in [0.2, 0.25) is 0 Å².